The van der Waals surface area contributed by atoms with Crippen LogP contribution in [0.4, 0.5) is 0 Å². The number of aryl methyl sites for hydroxylation is 2. The Morgan fingerprint density at radius 1 is 1.30 bits per heavy atom. The zero-order chi connectivity index (χ0) is 17.1. The van der Waals surface area contributed by atoms with Gasteiger partial charge in [0.2, 0.25) is 5.56 Å². The number of aromatic nitrogens is 3. The lowest BCUT2D eigenvalue weighted by molar-refractivity contribution is 0.0934. The van der Waals surface area contributed by atoms with Crippen LogP contribution in [0.2, 0.25) is 0 Å². The lowest BCUT2D eigenvalue weighted by Gasteiger charge is -2.17. The largest absolute Gasteiger partial charge is 0.348 e. The van der Waals surface area contributed by atoms with Crippen LogP contribution in [0.3, 0.4) is 0 Å². The summed E-state index contributed by atoms with van der Waals surface area (Å²) in [5.41, 5.74) is 3.01. The number of nitrogens with one attached hydrogen (secondary N) is 2. The average Bonchev–Trinajstić information content (AvgIpc) is 2.76. The Bertz CT molecular complexity index is 758. The van der Waals surface area contributed by atoms with Crippen LogP contribution in [0.25, 0.3) is 0 Å². The van der Waals surface area contributed by atoms with E-state index in [1.807, 2.05) is 45.4 Å². The van der Waals surface area contributed by atoms with Crippen molar-refractivity contribution in [3.05, 3.63) is 51.2 Å². The predicted molar refractivity (Wildman–Crippen MR) is 89.8 cm³/mol. The van der Waals surface area contributed by atoms with Crippen molar-refractivity contribution in [1.29, 1.82) is 0 Å². The molecule has 23 heavy (non-hydrogen) atoms. The molecule has 6 nitrogen and oxygen atoms in total. The highest BCUT2D eigenvalue weighted by atomic mass is 16.2. The van der Waals surface area contributed by atoms with Crippen LogP contribution in [-0.2, 0) is 6.54 Å². The van der Waals surface area contributed by atoms with Gasteiger partial charge in [-0.1, -0.05) is 13.8 Å². The molecule has 0 radical (unpaired) electrons. The van der Waals surface area contributed by atoms with Crippen molar-refractivity contribution in [2.45, 2.75) is 53.1 Å². The summed E-state index contributed by atoms with van der Waals surface area (Å²) < 4.78 is 1.89. The fourth-order valence-electron chi connectivity index (χ4n) is 2.61. The fourth-order valence-corrected chi connectivity index (χ4v) is 2.61. The van der Waals surface area contributed by atoms with Crippen molar-refractivity contribution in [3.8, 4) is 0 Å². The second kappa shape index (κ2) is 6.81. The zero-order valence-electron chi connectivity index (χ0n) is 14.3. The molecule has 0 bridgehead atoms. The number of carbonyl (C=O) groups excluding carboxylic acids is 1. The highest BCUT2D eigenvalue weighted by Gasteiger charge is 2.17. The molecule has 2 aromatic rings. The third-order valence-corrected chi connectivity index (χ3v) is 3.70. The molecule has 6 heteroatoms. The highest BCUT2D eigenvalue weighted by Crippen LogP contribution is 2.15. The van der Waals surface area contributed by atoms with Crippen LogP contribution < -0.4 is 10.9 Å². The van der Waals surface area contributed by atoms with Crippen molar-refractivity contribution in [2.75, 3.05) is 0 Å². The summed E-state index contributed by atoms with van der Waals surface area (Å²) >= 11 is 0. The molecular formula is C17H24N4O2. The Morgan fingerprint density at radius 3 is 2.57 bits per heavy atom. The molecule has 2 N–H and O–H groups in total. The molecule has 0 fully saturated rings. The molecule has 0 saturated carbocycles. The number of aromatic amines is 1. The molecule has 0 aliphatic heterocycles. The van der Waals surface area contributed by atoms with E-state index >= 15 is 0 Å². The smallest absolute Gasteiger partial charge is 0.253 e. The van der Waals surface area contributed by atoms with E-state index in [1.54, 1.807) is 6.07 Å². The molecule has 0 aromatic carbocycles. The van der Waals surface area contributed by atoms with Crippen LogP contribution in [0.1, 0.15) is 54.1 Å². The molecule has 0 aliphatic carbocycles. The molecule has 1 atom stereocenters. The lowest BCUT2D eigenvalue weighted by atomic mass is 10.0. The zero-order valence-corrected chi connectivity index (χ0v) is 14.3. The standard InChI is InChI=1S/C17H24N4O2/c1-10(2)16-14(6-7-15(22)19-16)17(23)18-12(4)9-21-13(5)8-11(3)20-21/h6-8,10,12H,9H2,1-5H3,(H,18,23)(H,19,22). The van der Waals surface area contributed by atoms with E-state index in [9.17, 15) is 9.59 Å². The minimum atomic E-state index is -0.194. The van der Waals surface area contributed by atoms with Crippen molar-refractivity contribution in [3.63, 3.8) is 0 Å². The molecule has 2 rings (SSSR count). The molecule has 0 spiro atoms. The number of rotatable bonds is 5. The maximum Gasteiger partial charge on any atom is 0.253 e. The number of pyridine rings is 1. The van der Waals surface area contributed by atoms with Gasteiger partial charge in [-0.3, -0.25) is 14.3 Å². The van der Waals surface area contributed by atoms with Gasteiger partial charge in [-0.15, -0.1) is 0 Å². The molecule has 2 aromatic heterocycles. The van der Waals surface area contributed by atoms with Crippen molar-refractivity contribution in [1.82, 2.24) is 20.1 Å². The average molecular weight is 316 g/mol. The first kappa shape index (κ1) is 17.0. The van der Waals surface area contributed by atoms with Gasteiger partial charge in [-0.05, 0) is 38.8 Å². The molecule has 1 amide bonds. The highest BCUT2D eigenvalue weighted by molar-refractivity contribution is 5.95. The molecule has 0 saturated heterocycles. The van der Waals surface area contributed by atoms with Gasteiger partial charge in [-0.25, -0.2) is 0 Å². The minimum absolute atomic E-state index is 0.0657. The van der Waals surface area contributed by atoms with Gasteiger partial charge >= 0.3 is 0 Å². The number of amides is 1. The monoisotopic (exact) mass is 316 g/mol. The van der Waals surface area contributed by atoms with E-state index in [1.165, 1.54) is 6.07 Å². The molecular weight excluding hydrogens is 292 g/mol. The molecule has 124 valence electrons. The topological polar surface area (TPSA) is 79.8 Å². The quantitative estimate of drug-likeness (QED) is 0.887. The summed E-state index contributed by atoms with van der Waals surface area (Å²) in [6.45, 7) is 10.4. The summed E-state index contributed by atoms with van der Waals surface area (Å²) in [5.74, 6) is -0.116. The molecule has 2 heterocycles. The molecule has 0 aliphatic rings. The van der Waals surface area contributed by atoms with E-state index in [0.717, 1.165) is 11.4 Å². The van der Waals surface area contributed by atoms with E-state index in [4.69, 9.17) is 0 Å². The van der Waals surface area contributed by atoms with Gasteiger partial charge < -0.3 is 10.3 Å². The minimum Gasteiger partial charge on any atom is -0.348 e. The Balaban J connectivity index is 2.12. The molecule has 1 unspecified atom stereocenters. The number of nitrogens with zero attached hydrogens (tertiary/aromatic N) is 2. The van der Waals surface area contributed by atoms with Crippen molar-refractivity contribution in [2.24, 2.45) is 0 Å². The van der Waals surface area contributed by atoms with E-state index in [2.05, 4.69) is 15.4 Å². The van der Waals surface area contributed by atoms with Crippen LogP contribution in [0, 0.1) is 13.8 Å². The van der Waals surface area contributed by atoms with Crippen LogP contribution in [0.15, 0.2) is 23.0 Å². The Hall–Kier alpha value is -2.37. The van der Waals surface area contributed by atoms with Gasteiger partial charge in [-0.2, -0.15) is 5.10 Å². The number of hydrogen-bond acceptors (Lipinski definition) is 3. The van der Waals surface area contributed by atoms with Gasteiger partial charge in [0.25, 0.3) is 5.91 Å². The van der Waals surface area contributed by atoms with Gasteiger partial charge in [0.15, 0.2) is 0 Å². The maximum absolute atomic E-state index is 12.5. The first-order valence-corrected chi connectivity index (χ1v) is 7.83. The third-order valence-electron chi connectivity index (χ3n) is 3.70. The lowest BCUT2D eigenvalue weighted by Crippen LogP contribution is -2.37. The summed E-state index contributed by atoms with van der Waals surface area (Å²) in [5, 5.41) is 7.38. The van der Waals surface area contributed by atoms with Gasteiger partial charge in [0, 0.05) is 23.5 Å². The van der Waals surface area contributed by atoms with Crippen LogP contribution >= 0.6 is 0 Å². The Kier molecular flexibility index (Phi) is 5.03. The summed E-state index contributed by atoms with van der Waals surface area (Å²) in [6, 6.07) is 4.90. The first-order valence-electron chi connectivity index (χ1n) is 7.83. The van der Waals surface area contributed by atoms with Gasteiger partial charge in [0.05, 0.1) is 17.8 Å². The number of H-pyrrole nitrogens is 1. The van der Waals surface area contributed by atoms with E-state index < -0.39 is 0 Å². The maximum atomic E-state index is 12.5. The summed E-state index contributed by atoms with van der Waals surface area (Å²) in [7, 11) is 0. The van der Waals surface area contributed by atoms with Crippen LogP contribution in [-0.4, -0.2) is 26.7 Å². The normalized spacial score (nSPS) is 12.4. The second-order valence-corrected chi connectivity index (χ2v) is 6.29. The van der Waals surface area contributed by atoms with Crippen molar-refractivity contribution < 1.29 is 4.79 Å². The third kappa shape index (κ3) is 4.09. The van der Waals surface area contributed by atoms with E-state index in [0.29, 0.717) is 17.8 Å². The summed E-state index contributed by atoms with van der Waals surface area (Å²) in [6.07, 6.45) is 0. The first-order chi connectivity index (χ1) is 10.8. The predicted octanol–water partition coefficient (Wildman–Crippen LogP) is 2.13. The Morgan fingerprint density at radius 2 is 2.00 bits per heavy atom. The number of carbonyl (C=O) groups is 1. The van der Waals surface area contributed by atoms with E-state index in [-0.39, 0.29) is 23.4 Å². The van der Waals surface area contributed by atoms with Gasteiger partial charge in [0.1, 0.15) is 0 Å². The van der Waals surface area contributed by atoms with Crippen LogP contribution in [0.5, 0.6) is 0 Å². The SMILES string of the molecule is Cc1cc(C)n(CC(C)NC(=O)c2ccc(=O)[nH]c2C(C)C)n1. The number of hydrogen-bond donors (Lipinski definition) is 2. The van der Waals surface area contributed by atoms with Crippen molar-refractivity contribution >= 4 is 5.91 Å². The Labute approximate surface area is 135 Å². The summed E-state index contributed by atoms with van der Waals surface area (Å²) in [4.78, 5) is 26.7. The second-order valence-electron chi connectivity index (χ2n) is 6.29. The fraction of sp³-hybridized carbons (Fsp3) is 0.471.